The van der Waals surface area contributed by atoms with E-state index in [1.165, 1.54) is 11.1 Å². The van der Waals surface area contributed by atoms with E-state index >= 15 is 0 Å². The van der Waals surface area contributed by atoms with Gasteiger partial charge in [0.05, 0.1) is 7.11 Å². The predicted molar refractivity (Wildman–Crippen MR) is 71.0 cm³/mol. The number of epoxide rings is 1. The van der Waals surface area contributed by atoms with E-state index < -0.39 is 0 Å². The van der Waals surface area contributed by atoms with Gasteiger partial charge in [-0.15, -0.1) is 0 Å². The van der Waals surface area contributed by atoms with Crippen LogP contribution >= 0.6 is 11.6 Å². The minimum Gasteiger partial charge on any atom is -0.497 e. The summed E-state index contributed by atoms with van der Waals surface area (Å²) in [5, 5.41) is 0.750. The van der Waals surface area contributed by atoms with Crippen LogP contribution in [0.1, 0.15) is 23.3 Å². The standard InChI is InChI=1S/C15H13ClO2/c1-17-13-8-4-11(5-9-13)15-14(18-15)10-2-6-12(16)7-3-10/h2-9,14-15H,1H3/t14-,15-/m0/s1. The Morgan fingerprint density at radius 3 is 1.89 bits per heavy atom. The van der Waals surface area contributed by atoms with E-state index in [4.69, 9.17) is 21.1 Å². The Balaban J connectivity index is 1.74. The van der Waals surface area contributed by atoms with Crippen LogP contribution in [0.5, 0.6) is 5.75 Å². The summed E-state index contributed by atoms with van der Waals surface area (Å²) in [7, 11) is 1.67. The average molecular weight is 261 g/mol. The van der Waals surface area contributed by atoms with Gasteiger partial charge in [0.25, 0.3) is 0 Å². The van der Waals surface area contributed by atoms with Gasteiger partial charge >= 0.3 is 0 Å². The van der Waals surface area contributed by atoms with Crippen molar-refractivity contribution in [2.45, 2.75) is 12.2 Å². The smallest absolute Gasteiger partial charge is 0.118 e. The first kappa shape index (κ1) is 11.6. The molecule has 0 saturated carbocycles. The molecule has 1 heterocycles. The van der Waals surface area contributed by atoms with Gasteiger partial charge in [-0.3, -0.25) is 0 Å². The van der Waals surface area contributed by atoms with Gasteiger partial charge in [0.15, 0.2) is 0 Å². The highest BCUT2D eigenvalue weighted by atomic mass is 35.5. The average Bonchev–Trinajstić information content (AvgIpc) is 3.20. The van der Waals surface area contributed by atoms with Crippen LogP contribution in [0, 0.1) is 0 Å². The van der Waals surface area contributed by atoms with Gasteiger partial charge in [-0.25, -0.2) is 0 Å². The Bertz CT molecular complexity index is 533. The predicted octanol–water partition coefficient (Wildman–Crippen LogP) is 4.16. The first-order chi connectivity index (χ1) is 8.78. The lowest BCUT2D eigenvalue weighted by Crippen LogP contribution is -1.86. The van der Waals surface area contributed by atoms with Crippen LogP contribution in [0.3, 0.4) is 0 Å². The first-order valence-corrected chi connectivity index (χ1v) is 6.20. The van der Waals surface area contributed by atoms with Gasteiger partial charge in [0.1, 0.15) is 18.0 Å². The summed E-state index contributed by atoms with van der Waals surface area (Å²) in [6, 6.07) is 15.8. The van der Waals surface area contributed by atoms with Crippen LogP contribution < -0.4 is 4.74 Å². The molecule has 0 spiro atoms. The van der Waals surface area contributed by atoms with Crippen molar-refractivity contribution < 1.29 is 9.47 Å². The van der Waals surface area contributed by atoms with Gasteiger partial charge in [0, 0.05) is 5.02 Å². The summed E-state index contributed by atoms with van der Waals surface area (Å²) in [4.78, 5) is 0. The van der Waals surface area contributed by atoms with Crippen LogP contribution in [0.15, 0.2) is 48.5 Å². The maximum atomic E-state index is 5.87. The molecule has 0 aliphatic carbocycles. The van der Waals surface area contributed by atoms with Crippen molar-refractivity contribution in [2.24, 2.45) is 0 Å². The molecule has 1 aliphatic rings. The second kappa shape index (κ2) is 4.63. The fraction of sp³-hybridized carbons (Fsp3) is 0.200. The number of hydrogen-bond acceptors (Lipinski definition) is 2. The highest BCUT2D eigenvalue weighted by Gasteiger charge is 2.41. The number of hydrogen-bond donors (Lipinski definition) is 0. The Morgan fingerprint density at radius 1 is 0.889 bits per heavy atom. The van der Waals surface area contributed by atoms with Crippen LogP contribution in [0.2, 0.25) is 5.02 Å². The zero-order chi connectivity index (χ0) is 12.5. The van der Waals surface area contributed by atoms with E-state index in [-0.39, 0.29) is 12.2 Å². The molecule has 0 aromatic heterocycles. The summed E-state index contributed by atoms with van der Waals surface area (Å²) in [6.45, 7) is 0. The molecular formula is C15H13ClO2. The maximum Gasteiger partial charge on any atom is 0.118 e. The fourth-order valence-corrected chi connectivity index (χ4v) is 2.19. The first-order valence-electron chi connectivity index (χ1n) is 5.83. The third-order valence-electron chi connectivity index (χ3n) is 3.13. The van der Waals surface area contributed by atoms with Crippen molar-refractivity contribution in [3.8, 4) is 5.75 Å². The molecule has 1 saturated heterocycles. The molecular weight excluding hydrogens is 248 g/mol. The van der Waals surface area contributed by atoms with E-state index in [1.54, 1.807) is 7.11 Å². The Labute approximate surface area is 111 Å². The minimum atomic E-state index is 0.149. The number of benzene rings is 2. The van der Waals surface area contributed by atoms with Crippen molar-refractivity contribution in [1.82, 2.24) is 0 Å². The SMILES string of the molecule is COc1ccc([C@@H]2O[C@H]2c2ccc(Cl)cc2)cc1. The van der Waals surface area contributed by atoms with Crippen LogP contribution in [-0.4, -0.2) is 7.11 Å². The van der Waals surface area contributed by atoms with Crippen molar-refractivity contribution >= 4 is 11.6 Å². The summed E-state index contributed by atoms with van der Waals surface area (Å²) >= 11 is 5.87. The molecule has 0 N–H and O–H groups in total. The minimum absolute atomic E-state index is 0.149. The van der Waals surface area contributed by atoms with Crippen molar-refractivity contribution in [1.29, 1.82) is 0 Å². The molecule has 1 fully saturated rings. The van der Waals surface area contributed by atoms with Gasteiger partial charge in [-0.2, -0.15) is 0 Å². The van der Waals surface area contributed by atoms with Gasteiger partial charge in [0.2, 0.25) is 0 Å². The number of halogens is 1. The highest BCUT2D eigenvalue weighted by molar-refractivity contribution is 6.30. The van der Waals surface area contributed by atoms with Gasteiger partial charge < -0.3 is 9.47 Å². The summed E-state index contributed by atoms with van der Waals surface area (Å²) in [6.07, 6.45) is 0.299. The fourth-order valence-electron chi connectivity index (χ4n) is 2.07. The molecule has 1 aliphatic heterocycles. The number of rotatable bonds is 3. The Morgan fingerprint density at radius 2 is 1.39 bits per heavy atom. The summed E-state index contributed by atoms with van der Waals surface area (Å²) in [5.74, 6) is 0.863. The second-order valence-electron chi connectivity index (χ2n) is 4.30. The lowest BCUT2D eigenvalue weighted by atomic mass is 10.0. The lowest BCUT2D eigenvalue weighted by molar-refractivity contribution is 0.377. The summed E-state index contributed by atoms with van der Waals surface area (Å²) in [5.41, 5.74) is 2.34. The van der Waals surface area contributed by atoms with Crippen LogP contribution in [0.4, 0.5) is 0 Å². The van der Waals surface area contributed by atoms with E-state index in [0.29, 0.717) is 0 Å². The maximum absolute atomic E-state index is 5.87. The van der Waals surface area contributed by atoms with E-state index in [2.05, 4.69) is 0 Å². The van der Waals surface area contributed by atoms with Crippen LogP contribution in [-0.2, 0) is 4.74 Å². The quantitative estimate of drug-likeness (QED) is 0.773. The Hall–Kier alpha value is -1.51. The molecule has 92 valence electrons. The molecule has 18 heavy (non-hydrogen) atoms. The van der Waals surface area contributed by atoms with E-state index in [1.807, 2.05) is 48.5 Å². The molecule has 2 aromatic rings. The largest absolute Gasteiger partial charge is 0.497 e. The van der Waals surface area contributed by atoms with Crippen molar-refractivity contribution in [3.63, 3.8) is 0 Å². The van der Waals surface area contributed by atoms with Crippen molar-refractivity contribution in [3.05, 3.63) is 64.7 Å². The van der Waals surface area contributed by atoms with Crippen LogP contribution in [0.25, 0.3) is 0 Å². The lowest BCUT2D eigenvalue weighted by Gasteiger charge is -2.00. The third kappa shape index (κ3) is 2.22. The molecule has 0 radical (unpaired) electrons. The molecule has 0 amide bonds. The van der Waals surface area contributed by atoms with Gasteiger partial charge in [-0.05, 0) is 35.4 Å². The number of methoxy groups -OCH3 is 1. The molecule has 2 atom stereocenters. The summed E-state index contributed by atoms with van der Waals surface area (Å²) < 4.78 is 10.9. The second-order valence-corrected chi connectivity index (χ2v) is 4.74. The molecule has 3 rings (SSSR count). The monoisotopic (exact) mass is 260 g/mol. The van der Waals surface area contributed by atoms with Crippen molar-refractivity contribution in [2.75, 3.05) is 7.11 Å². The highest BCUT2D eigenvalue weighted by Crippen LogP contribution is 2.51. The van der Waals surface area contributed by atoms with E-state index in [0.717, 1.165) is 10.8 Å². The normalized spacial score (nSPS) is 21.7. The molecule has 3 heteroatoms. The number of ether oxygens (including phenoxy) is 2. The molecule has 0 bridgehead atoms. The topological polar surface area (TPSA) is 21.8 Å². The Kier molecular flexibility index (Phi) is 2.98. The van der Waals surface area contributed by atoms with E-state index in [9.17, 15) is 0 Å². The molecule has 2 aromatic carbocycles. The molecule has 2 nitrogen and oxygen atoms in total. The zero-order valence-corrected chi connectivity index (χ0v) is 10.7. The zero-order valence-electron chi connectivity index (χ0n) is 9.97. The molecule has 0 unspecified atom stereocenters. The third-order valence-corrected chi connectivity index (χ3v) is 3.39. The van der Waals surface area contributed by atoms with Gasteiger partial charge in [-0.1, -0.05) is 35.9 Å².